The van der Waals surface area contributed by atoms with E-state index in [-0.39, 0.29) is 12.5 Å². The predicted octanol–water partition coefficient (Wildman–Crippen LogP) is 0.487. The summed E-state index contributed by atoms with van der Waals surface area (Å²) >= 11 is 0. The van der Waals surface area contributed by atoms with E-state index in [0.717, 1.165) is 44.2 Å². The van der Waals surface area contributed by atoms with Crippen molar-refractivity contribution in [1.29, 1.82) is 0 Å². The topological polar surface area (TPSA) is 66.1 Å². The van der Waals surface area contributed by atoms with Crippen LogP contribution in [0.1, 0.15) is 0 Å². The molecule has 1 aromatic carbocycles. The fourth-order valence-electron chi connectivity index (χ4n) is 2.58. The van der Waals surface area contributed by atoms with Crippen LogP contribution in [-0.2, 0) is 9.53 Å². The average Bonchev–Trinajstić information content (AvgIpc) is 2.62. The Bertz CT molecular complexity index is 502. The van der Waals surface area contributed by atoms with Gasteiger partial charge in [0.25, 0.3) is 0 Å². The Morgan fingerprint density at radius 3 is 2.52 bits per heavy atom. The lowest BCUT2D eigenvalue weighted by molar-refractivity contribution is -0.115. The first kappa shape index (κ1) is 19.7. The van der Waals surface area contributed by atoms with E-state index < -0.39 is 0 Å². The van der Waals surface area contributed by atoms with E-state index in [2.05, 4.69) is 27.5 Å². The van der Waals surface area contributed by atoms with Gasteiger partial charge in [0, 0.05) is 52.1 Å². The van der Waals surface area contributed by atoms with Crippen molar-refractivity contribution in [2.75, 3.05) is 78.5 Å². The number of ether oxygens (including phenoxy) is 2. The van der Waals surface area contributed by atoms with Gasteiger partial charge in [0.05, 0.1) is 13.2 Å². The molecule has 1 heterocycles. The molecule has 1 saturated heterocycles. The molecule has 0 saturated carbocycles. The van der Waals surface area contributed by atoms with E-state index in [9.17, 15) is 4.79 Å². The number of rotatable bonds is 10. The third-order valence-electron chi connectivity index (χ3n) is 4.18. The van der Waals surface area contributed by atoms with Crippen molar-refractivity contribution in [2.24, 2.45) is 0 Å². The first-order chi connectivity index (χ1) is 12.2. The van der Waals surface area contributed by atoms with E-state index in [1.807, 2.05) is 24.3 Å². The number of piperazine rings is 1. The van der Waals surface area contributed by atoms with Gasteiger partial charge >= 0.3 is 0 Å². The number of benzene rings is 1. The van der Waals surface area contributed by atoms with Crippen molar-refractivity contribution >= 4 is 11.6 Å². The van der Waals surface area contributed by atoms with E-state index in [1.165, 1.54) is 0 Å². The van der Waals surface area contributed by atoms with Gasteiger partial charge in [-0.2, -0.15) is 0 Å². The maximum atomic E-state index is 11.8. The summed E-state index contributed by atoms with van der Waals surface area (Å²) in [5.41, 5.74) is 0.768. The lowest BCUT2D eigenvalue weighted by Crippen LogP contribution is -2.45. The van der Waals surface area contributed by atoms with Crippen LogP contribution in [0.4, 0.5) is 5.69 Å². The Labute approximate surface area is 150 Å². The van der Waals surface area contributed by atoms with Gasteiger partial charge in [0.1, 0.15) is 12.4 Å². The molecule has 2 rings (SSSR count). The van der Waals surface area contributed by atoms with Crippen LogP contribution >= 0.6 is 0 Å². The summed E-state index contributed by atoms with van der Waals surface area (Å²) in [5.74, 6) is 0.755. The van der Waals surface area contributed by atoms with Crippen molar-refractivity contribution in [3.8, 4) is 5.75 Å². The van der Waals surface area contributed by atoms with E-state index >= 15 is 0 Å². The number of carbonyl (C=O) groups is 1. The van der Waals surface area contributed by atoms with Crippen LogP contribution in [0.5, 0.6) is 5.75 Å². The van der Waals surface area contributed by atoms with Crippen LogP contribution in [0, 0.1) is 0 Å². The minimum atomic E-state index is -0.0696. The highest BCUT2D eigenvalue weighted by Gasteiger charge is 2.13. The maximum Gasteiger partial charge on any atom is 0.238 e. The number of nitrogens with one attached hydrogen (secondary N) is 2. The lowest BCUT2D eigenvalue weighted by Gasteiger charge is -2.32. The second-order valence-corrected chi connectivity index (χ2v) is 6.24. The van der Waals surface area contributed by atoms with Gasteiger partial charge < -0.3 is 25.0 Å². The average molecular weight is 350 g/mol. The molecule has 25 heavy (non-hydrogen) atoms. The second-order valence-electron chi connectivity index (χ2n) is 6.24. The van der Waals surface area contributed by atoms with Gasteiger partial charge in [-0.05, 0) is 31.3 Å². The number of hydrogen-bond acceptors (Lipinski definition) is 6. The summed E-state index contributed by atoms with van der Waals surface area (Å²) in [5, 5.41) is 5.86. The number of carbonyl (C=O) groups excluding carboxylic acids is 1. The van der Waals surface area contributed by atoms with Crippen LogP contribution in [0.3, 0.4) is 0 Å². The van der Waals surface area contributed by atoms with E-state index in [1.54, 1.807) is 7.11 Å². The number of anilines is 1. The molecule has 0 radical (unpaired) electrons. The number of amides is 1. The third-order valence-corrected chi connectivity index (χ3v) is 4.18. The molecule has 7 nitrogen and oxygen atoms in total. The highest BCUT2D eigenvalue weighted by atomic mass is 16.5. The van der Waals surface area contributed by atoms with Gasteiger partial charge in [-0.25, -0.2) is 0 Å². The SMILES string of the molecule is COCCNCC(=O)Nc1ccc(OCCN2CCN(C)CC2)cc1. The number of methoxy groups -OCH3 is 1. The smallest absolute Gasteiger partial charge is 0.238 e. The van der Waals surface area contributed by atoms with Gasteiger partial charge in [-0.15, -0.1) is 0 Å². The van der Waals surface area contributed by atoms with Crippen LogP contribution in [0.25, 0.3) is 0 Å². The van der Waals surface area contributed by atoms with E-state index in [4.69, 9.17) is 9.47 Å². The highest BCUT2D eigenvalue weighted by Crippen LogP contribution is 2.15. The van der Waals surface area contributed by atoms with Crippen molar-refractivity contribution in [3.05, 3.63) is 24.3 Å². The fourth-order valence-corrected chi connectivity index (χ4v) is 2.58. The quantitative estimate of drug-likeness (QED) is 0.599. The first-order valence-electron chi connectivity index (χ1n) is 8.80. The van der Waals surface area contributed by atoms with E-state index in [0.29, 0.717) is 19.8 Å². The maximum absolute atomic E-state index is 11.8. The summed E-state index contributed by atoms with van der Waals surface area (Å²) in [6.07, 6.45) is 0. The highest BCUT2D eigenvalue weighted by molar-refractivity contribution is 5.92. The van der Waals surface area contributed by atoms with Gasteiger partial charge in [0.15, 0.2) is 0 Å². The molecule has 0 aliphatic carbocycles. The summed E-state index contributed by atoms with van der Waals surface area (Å²) in [7, 11) is 3.79. The Kier molecular flexibility index (Phi) is 8.68. The van der Waals surface area contributed by atoms with Gasteiger partial charge in [0.2, 0.25) is 5.91 Å². The molecular weight excluding hydrogens is 320 g/mol. The second kappa shape index (κ2) is 11.0. The first-order valence-corrected chi connectivity index (χ1v) is 8.80. The van der Waals surface area contributed by atoms with Crippen molar-refractivity contribution in [2.45, 2.75) is 0 Å². The van der Waals surface area contributed by atoms with Gasteiger partial charge in [-0.3, -0.25) is 9.69 Å². The lowest BCUT2D eigenvalue weighted by atomic mass is 10.3. The fraction of sp³-hybridized carbons (Fsp3) is 0.611. The molecule has 0 spiro atoms. The third kappa shape index (κ3) is 7.83. The Hall–Kier alpha value is -1.67. The monoisotopic (exact) mass is 350 g/mol. The van der Waals surface area contributed by atoms with Crippen LogP contribution in [0.2, 0.25) is 0 Å². The molecule has 7 heteroatoms. The van der Waals surface area contributed by atoms with Crippen molar-refractivity contribution in [1.82, 2.24) is 15.1 Å². The zero-order valence-corrected chi connectivity index (χ0v) is 15.3. The molecule has 0 unspecified atom stereocenters. The minimum absolute atomic E-state index is 0.0696. The Morgan fingerprint density at radius 2 is 1.84 bits per heavy atom. The Balaban J connectivity index is 1.63. The van der Waals surface area contributed by atoms with Gasteiger partial charge in [-0.1, -0.05) is 0 Å². The molecule has 1 aliphatic heterocycles. The van der Waals surface area contributed by atoms with Crippen molar-refractivity contribution < 1.29 is 14.3 Å². The molecule has 1 aromatic rings. The predicted molar refractivity (Wildman–Crippen MR) is 99.2 cm³/mol. The standard InChI is InChI=1S/C18H30N4O3/c1-21-8-10-22(11-9-21)12-14-25-17-5-3-16(4-6-17)20-18(23)15-19-7-13-24-2/h3-6,19H,7-15H2,1-2H3,(H,20,23). The minimum Gasteiger partial charge on any atom is -0.492 e. The molecule has 1 amide bonds. The number of nitrogens with zero attached hydrogens (tertiary/aromatic N) is 2. The largest absolute Gasteiger partial charge is 0.492 e. The molecule has 0 aromatic heterocycles. The molecule has 0 atom stereocenters. The zero-order valence-electron chi connectivity index (χ0n) is 15.3. The van der Waals surface area contributed by atoms with Crippen LogP contribution < -0.4 is 15.4 Å². The van der Waals surface area contributed by atoms with Crippen LogP contribution in [0.15, 0.2) is 24.3 Å². The normalized spacial score (nSPS) is 15.9. The van der Waals surface area contributed by atoms with Crippen molar-refractivity contribution in [3.63, 3.8) is 0 Å². The summed E-state index contributed by atoms with van der Waals surface area (Å²) in [4.78, 5) is 16.5. The Morgan fingerprint density at radius 1 is 1.12 bits per heavy atom. The summed E-state index contributed by atoms with van der Waals surface area (Å²) < 4.78 is 10.7. The summed E-state index contributed by atoms with van der Waals surface area (Å²) in [6.45, 7) is 7.58. The molecule has 2 N–H and O–H groups in total. The van der Waals surface area contributed by atoms with Crippen LogP contribution in [-0.4, -0.2) is 88.9 Å². The molecule has 1 fully saturated rings. The molecule has 0 bridgehead atoms. The molecule has 1 aliphatic rings. The molecular formula is C18H30N4O3. The number of hydrogen-bond donors (Lipinski definition) is 2. The zero-order chi connectivity index (χ0) is 17.9. The number of likely N-dealkylation sites (N-methyl/N-ethyl adjacent to an activating group) is 1. The summed E-state index contributed by atoms with van der Waals surface area (Å²) in [6, 6.07) is 7.49. The molecule has 140 valence electrons.